The first-order valence-corrected chi connectivity index (χ1v) is 4.33. The molecule has 1 N–H and O–H groups in total. The van der Waals surface area contributed by atoms with Crippen LogP contribution in [0.4, 0.5) is 5.69 Å². The summed E-state index contributed by atoms with van der Waals surface area (Å²) in [5.74, 6) is 0.887. The first kappa shape index (κ1) is 7.74. The lowest BCUT2D eigenvalue weighted by molar-refractivity contribution is 0.226. The number of hydrogen-bond acceptors (Lipinski definition) is 2. The van der Waals surface area contributed by atoms with Gasteiger partial charge in [0.25, 0.3) is 0 Å². The molecule has 0 radical (unpaired) electrons. The van der Waals surface area contributed by atoms with Gasteiger partial charge in [-0.1, -0.05) is 11.6 Å². The highest BCUT2D eigenvalue weighted by molar-refractivity contribution is 6.30. The quantitative estimate of drug-likeness (QED) is 0.668. The summed E-state index contributed by atoms with van der Waals surface area (Å²) in [5.41, 5.74) is 0.987. The fourth-order valence-corrected chi connectivity index (χ4v) is 1.43. The molecule has 0 fully saturated rings. The smallest absolute Gasteiger partial charge is 0.142 e. The zero-order chi connectivity index (χ0) is 8.55. The largest absolute Gasteiger partial charge is 0.487 e. The molecular weight excluding hydrogens is 174 g/mol. The van der Waals surface area contributed by atoms with Gasteiger partial charge in [-0.2, -0.15) is 0 Å². The van der Waals surface area contributed by atoms with Crippen LogP contribution in [0.1, 0.15) is 6.92 Å². The third kappa shape index (κ3) is 1.34. The van der Waals surface area contributed by atoms with Crippen molar-refractivity contribution in [2.75, 3.05) is 11.9 Å². The summed E-state index contributed by atoms with van der Waals surface area (Å²) >= 11 is 5.82. The van der Waals surface area contributed by atoms with E-state index in [-0.39, 0.29) is 6.10 Å². The molecule has 0 saturated carbocycles. The predicted molar refractivity (Wildman–Crippen MR) is 50.0 cm³/mol. The summed E-state index contributed by atoms with van der Waals surface area (Å²) in [6.45, 7) is 2.87. The van der Waals surface area contributed by atoms with Crippen molar-refractivity contribution < 1.29 is 4.74 Å². The number of rotatable bonds is 0. The van der Waals surface area contributed by atoms with E-state index >= 15 is 0 Å². The Morgan fingerprint density at radius 3 is 3.25 bits per heavy atom. The fraction of sp³-hybridized carbons (Fsp3) is 0.333. The lowest BCUT2D eigenvalue weighted by atomic mass is 10.2. The van der Waals surface area contributed by atoms with Gasteiger partial charge in [0, 0.05) is 5.02 Å². The number of fused-ring (bicyclic) bond motifs is 1. The van der Waals surface area contributed by atoms with Crippen molar-refractivity contribution in [3.8, 4) is 5.75 Å². The Kier molecular flexibility index (Phi) is 1.85. The van der Waals surface area contributed by atoms with E-state index in [1.807, 2.05) is 25.1 Å². The van der Waals surface area contributed by atoms with Crippen molar-refractivity contribution in [3.05, 3.63) is 23.2 Å². The van der Waals surface area contributed by atoms with Gasteiger partial charge in [-0.3, -0.25) is 0 Å². The molecule has 2 rings (SSSR count). The molecule has 0 bridgehead atoms. The second-order valence-corrected chi connectivity index (χ2v) is 3.39. The van der Waals surface area contributed by atoms with Crippen molar-refractivity contribution >= 4 is 17.3 Å². The summed E-state index contributed by atoms with van der Waals surface area (Å²) in [5, 5.41) is 3.98. The maximum atomic E-state index is 5.82. The molecule has 0 aliphatic carbocycles. The second-order valence-electron chi connectivity index (χ2n) is 2.95. The molecule has 1 aliphatic rings. The minimum atomic E-state index is 0.235. The van der Waals surface area contributed by atoms with Crippen LogP contribution in [0.25, 0.3) is 0 Å². The molecule has 0 amide bonds. The maximum absolute atomic E-state index is 5.82. The van der Waals surface area contributed by atoms with Crippen LogP contribution < -0.4 is 10.1 Å². The number of nitrogens with one attached hydrogen (secondary N) is 1. The Morgan fingerprint density at radius 1 is 1.58 bits per heavy atom. The molecule has 1 aromatic carbocycles. The Labute approximate surface area is 76.5 Å². The van der Waals surface area contributed by atoms with Crippen molar-refractivity contribution in [3.63, 3.8) is 0 Å². The van der Waals surface area contributed by atoms with E-state index in [0.717, 1.165) is 23.0 Å². The van der Waals surface area contributed by atoms with Crippen LogP contribution in [0.2, 0.25) is 5.02 Å². The van der Waals surface area contributed by atoms with Gasteiger partial charge in [0.15, 0.2) is 0 Å². The zero-order valence-electron chi connectivity index (χ0n) is 6.80. The van der Waals surface area contributed by atoms with Crippen LogP contribution in [0.5, 0.6) is 5.75 Å². The number of halogens is 1. The molecule has 12 heavy (non-hydrogen) atoms. The van der Waals surface area contributed by atoms with E-state index in [0.29, 0.717) is 0 Å². The van der Waals surface area contributed by atoms with Gasteiger partial charge in [0.1, 0.15) is 11.9 Å². The van der Waals surface area contributed by atoms with Crippen LogP contribution in [-0.2, 0) is 0 Å². The van der Waals surface area contributed by atoms with Gasteiger partial charge < -0.3 is 10.1 Å². The molecule has 2 nitrogen and oxygen atoms in total. The summed E-state index contributed by atoms with van der Waals surface area (Å²) in [7, 11) is 0. The lowest BCUT2D eigenvalue weighted by Gasteiger charge is -2.24. The van der Waals surface area contributed by atoms with Crippen molar-refractivity contribution in [2.45, 2.75) is 13.0 Å². The summed E-state index contributed by atoms with van der Waals surface area (Å²) < 4.78 is 5.57. The molecule has 0 spiro atoms. The van der Waals surface area contributed by atoms with E-state index < -0.39 is 0 Å². The minimum absolute atomic E-state index is 0.235. The molecule has 1 heterocycles. The molecule has 0 saturated heterocycles. The molecule has 1 atom stereocenters. The molecule has 0 unspecified atom stereocenters. The Morgan fingerprint density at radius 2 is 2.42 bits per heavy atom. The van der Waals surface area contributed by atoms with E-state index in [9.17, 15) is 0 Å². The van der Waals surface area contributed by atoms with Crippen molar-refractivity contribution in [1.29, 1.82) is 0 Å². The highest BCUT2D eigenvalue weighted by atomic mass is 35.5. The highest BCUT2D eigenvalue weighted by Crippen LogP contribution is 2.31. The van der Waals surface area contributed by atoms with E-state index in [4.69, 9.17) is 16.3 Å². The number of benzene rings is 1. The normalized spacial score (nSPS) is 20.7. The van der Waals surface area contributed by atoms with E-state index in [1.165, 1.54) is 0 Å². The van der Waals surface area contributed by atoms with Gasteiger partial charge in [0.05, 0.1) is 12.2 Å². The van der Waals surface area contributed by atoms with Crippen LogP contribution in [0.15, 0.2) is 18.2 Å². The monoisotopic (exact) mass is 183 g/mol. The second kappa shape index (κ2) is 2.87. The van der Waals surface area contributed by atoms with Gasteiger partial charge in [-0.05, 0) is 25.1 Å². The summed E-state index contributed by atoms with van der Waals surface area (Å²) in [6, 6.07) is 5.60. The number of ether oxygens (including phenoxy) is 1. The molecule has 1 aliphatic heterocycles. The maximum Gasteiger partial charge on any atom is 0.142 e. The van der Waals surface area contributed by atoms with Crippen LogP contribution in [0.3, 0.4) is 0 Å². The Balaban J connectivity index is 2.37. The summed E-state index contributed by atoms with van der Waals surface area (Å²) in [6.07, 6.45) is 0.235. The first-order valence-electron chi connectivity index (χ1n) is 3.96. The van der Waals surface area contributed by atoms with Gasteiger partial charge in [-0.25, -0.2) is 0 Å². The average molecular weight is 184 g/mol. The average Bonchev–Trinajstić information content (AvgIpc) is 2.05. The van der Waals surface area contributed by atoms with Crippen molar-refractivity contribution in [2.24, 2.45) is 0 Å². The predicted octanol–water partition coefficient (Wildman–Crippen LogP) is 2.53. The third-order valence-electron chi connectivity index (χ3n) is 1.85. The molecule has 64 valence electrons. The SMILES string of the molecule is C[C@H]1CNc2cc(Cl)ccc2O1. The van der Waals surface area contributed by atoms with Gasteiger partial charge >= 0.3 is 0 Å². The minimum Gasteiger partial charge on any atom is -0.487 e. The van der Waals surface area contributed by atoms with Crippen LogP contribution >= 0.6 is 11.6 Å². The summed E-state index contributed by atoms with van der Waals surface area (Å²) in [4.78, 5) is 0. The number of hydrogen-bond donors (Lipinski definition) is 1. The molecular formula is C9H10ClNO. The zero-order valence-corrected chi connectivity index (χ0v) is 7.56. The standard InChI is InChI=1S/C9H10ClNO/c1-6-5-11-8-4-7(10)2-3-9(8)12-6/h2-4,6,11H,5H2,1H3/t6-/m0/s1. The van der Waals surface area contributed by atoms with E-state index in [2.05, 4.69) is 5.32 Å². The van der Waals surface area contributed by atoms with Crippen LogP contribution in [-0.4, -0.2) is 12.6 Å². The molecule has 0 aromatic heterocycles. The first-order chi connectivity index (χ1) is 5.75. The van der Waals surface area contributed by atoms with Crippen molar-refractivity contribution in [1.82, 2.24) is 0 Å². The van der Waals surface area contributed by atoms with Crippen LogP contribution in [0, 0.1) is 0 Å². The van der Waals surface area contributed by atoms with Gasteiger partial charge in [-0.15, -0.1) is 0 Å². The molecule has 3 heteroatoms. The number of anilines is 1. The fourth-order valence-electron chi connectivity index (χ4n) is 1.26. The topological polar surface area (TPSA) is 21.3 Å². The molecule has 1 aromatic rings. The highest BCUT2D eigenvalue weighted by Gasteiger charge is 2.14. The van der Waals surface area contributed by atoms with Gasteiger partial charge in [0.2, 0.25) is 0 Å². The Hall–Kier alpha value is -0.890. The Bertz CT molecular complexity index is 301. The van der Waals surface area contributed by atoms with E-state index in [1.54, 1.807) is 0 Å². The third-order valence-corrected chi connectivity index (χ3v) is 2.08. The lowest BCUT2D eigenvalue weighted by Crippen LogP contribution is -2.27.